The average molecular weight is 377 g/mol. The highest BCUT2D eigenvalue weighted by Gasteiger charge is 2.19. The number of nitrogens with one attached hydrogen (secondary N) is 1. The molecule has 0 amide bonds. The van der Waals surface area contributed by atoms with E-state index in [1.165, 1.54) is 17.4 Å². The number of aromatic nitrogens is 1. The summed E-state index contributed by atoms with van der Waals surface area (Å²) >= 11 is 10.5. The summed E-state index contributed by atoms with van der Waals surface area (Å²) in [7, 11) is 0. The van der Waals surface area contributed by atoms with Crippen molar-refractivity contribution < 1.29 is 4.92 Å². The van der Waals surface area contributed by atoms with E-state index < -0.39 is 0 Å². The van der Waals surface area contributed by atoms with E-state index in [9.17, 15) is 10.1 Å². The van der Waals surface area contributed by atoms with Gasteiger partial charge in [0.25, 0.3) is 5.69 Å². The molecule has 0 aliphatic heterocycles. The zero-order valence-corrected chi connectivity index (χ0v) is 13.9. The quantitative estimate of drug-likeness (QED) is 0.620. The van der Waals surface area contributed by atoms with Crippen molar-refractivity contribution in [3.63, 3.8) is 0 Å². The minimum absolute atomic E-state index is 0.0515. The fourth-order valence-corrected chi connectivity index (χ4v) is 3.20. The van der Waals surface area contributed by atoms with Gasteiger partial charge in [-0.2, -0.15) is 0 Å². The van der Waals surface area contributed by atoms with Crippen LogP contribution in [0.2, 0.25) is 4.47 Å². The van der Waals surface area contributed by atoms with Crippen LogP contribution < -0.4 is 5.32 Å². The number of thiazole rings is 1. The summed E-state index contributed by atoms with van der Waals surface area (Å²) in [5, 5.41) is 14.3. The van der Waals surface area contributed by atoms with E-state index in [1.807, 2.05) is 13.8 Å². The van der Waals surface area contributed by atoms with Gasteiger partial charge < -0.3 is 5.32 Å². The Morgan fingerprint density at radius 3 is 2.75 bits per heavy atom. The van der Waals surface area contributed by atoms with Crippen molar-refractivity contribution in [2.75, 3.05) is 5.32 Å². The van der Waals surface area contributed by atoms with Crippen LogP contribution in [0.1, 0.15) is 16.0 Å². The molecular formula is C12H11BrClN3O2S. The Morgan fingerprint density at radius 2 is 2.20 bits per heavy atom. The van der Waals surface area contributed by atoms with E-state index in [1.54, 1.807) is 6.20 Å². The largest absolute Gasteiger partial charge is 0.374 e. The van der Waals surface area contributed by atoms with Gasteiger partial charge >= 0.3 is 0 Å². The molecule has 0 saturated carbocycles. The number of nitro benzene ring substituents is 1. The normalized spacial score (nSPS) is 10.6. The lowest BCUT2D eigenvalue weighted by molar-refractivity contribution is -0.384. The SMILES string of the molecule is Cc1c(Br)cc([N+](=O)[O-])c(NCc2cnc(Cl)s2)c1C. The molecule has 0 spiro atoms. The van der Waals surface area contributed by atoms with E-state index in [2.05, 4.69) is 26.2 Å². The van der Waals surface area contributed by atoms with Gasteiger partial charge in [0.2, 0.25) is 0 Å². The molecule has 0 bridgehead atoms. The topological polar surface area (TPSA) is 68.1 Å². The number of nitrogens with zero attached hydrogens (tertiary/aromatic N) is 2. The lowest BCUT2D eigenvalue weighted by Crippen LogP contribution is -2.05. The number of nitro groups is 1. The molecule has 1 N–H and O–H groups in total. The first-order valence-electron chi connectivity index (χ1n) is 5.68. The number of anilines is 1. The first-order valence-corrected chi connectivity index (χ1v) is 7.67. The van der Waals surface area contributed by atoms with Crippen LogP contribution in [0.4, 0.5) is 11.4 Å². The van der Waals surface area contributed by atoms with Crippen molar-refractivity contribution in [2.24, 2.45) is 0 Å². The van der Waals surface area contributed by atoms with Crippen molar-refractivity contribution in [2.45, 2.75) is 20.4 Å². The molecule has 1 aromatic carbocycles. The maximum Gasteiger partial charge on any atom is 0.293 e. The summed E-state index contributed by atoms with van der Waals surface area (Å²) in [6.07, 6.45) is 1.66. The lowest BCUT2D eigenvalue weighted by Gasteiger charge is -2.12. The van der Waals surface area contributed by atoms with Crippen LogP contribution in [0.15, 0.2) is 16.7 Å². The highest BCUT2D eigenvalue weighted by Crippen LogP contribution is 2.35. The van der Waals surface area contributed by atoms with Gasteiger partial charge in [0.1, 0.15) is 5.69 Å². The Morgan fingerprint density at radius 1 is 1.50 bits per heavy atom. The van der Waals surface area contributed by atoms with E-state index >= 15 is 0 Å². The fourth-order valence-electron chi connectivity index (χ4n) is 1.77. The zero-order valence-electron chi connectivity index (χ0n) is 10.7. The molecule has 2 rings (SSSR count). The Bertz CT molecular complexity index is 675. The zero-order chi connectivity index (χ0) is 14.9. The molecule has 0 aliphatic carbocycles. The van der Waals surface area contributed by atoms with Crippen LogP contribution in [-0.2, 0) is 6.54 Å². The van der Waals surface area contributed by atoms with Crippen LogP contribution in [-0.4, -0.2) is 9.91 Å². The molecule has 1 aromatic heterocycles. The first-order chi connectivity index (χ1) is 9.40. The Hall–Kier alpha value is -1.18. The predicted octanol–water partition coefficient (Wildman–Crippen LogP) is 4.70. The molecule has 106 valence electrons. The number of hydrogen-bond donors (Lipinski definition) is 1. The molecule has 0 saturated heterocycles. The second-order valence-corrected chi connectivity index (χ2v) is 6.74. The molecule has 0 unspecified atom stereocenters. The van der Waals surface area contributed by atoms with Gasteiger partial charge in [-0.05, 0) is 25.0 Å². The summed E-state index contributed by atoms with van der Waals surface area (Å²) < 4.78 is 1.19. The molecule has 0 radical (unpaired) electrons. The van der Waals surface area contributed by atoms with Crippen molar-refractivity contribution in [1.29, 1.82) is 0 Å². The fraction of sp³-hybridized carbons (Fsp3) is 0.250. The minimum atomic E-state index is -0.390. The van der Waals surface area contributed by atoms with Crippen LogP contribution in [0.5, 0.6) is 0 Å². The average Bonchev–Trinajstić information content (AvgIpc) is 2.80. The first kappa shape index (κ1) is 15.2. The summed E-state index contributed by atoms with van der Waals surface area (Å²) in [6, 6.07) is 1.52. The van der Waals surface area contributed by atoms with Gasteiger partial charge in [-0.3, -0.25) is 10.1 Å². The van der Waals surface area contributed by atoms with Crippen LogP contribution in [0.3, 0.4) is 0 Å². The molecule has 1 heterocycles. The van der Waals surface area contributed by atoms with Crippen molar-refractivity contribution in [1.82, 2.24) is 4.98 Å². The number of benzene rings is 1. The molecule has 0 aliphatic rings. The third-order valence-electron chi connectivity index (χ3n) is 2.98. The van der Waals surface area contributed by atoms with Gasteiger partial charge in [-0.25, -0.2) is 4.98 Å². The summed E-state index contributed by atoms with van der Waals surface area (Å²) in [5.41, 5.74) is 2.40. The number of rotatable bonds is 4. The third-order valence-corrected chi connectivity index (χ3v) is 4.92. The van der Waals surface area contributed by atoms with Gasteiger partial charge in [0.05, 0.1) is 11.5 Å². The molecule has 0 fully saturated rings. The van der Waals surface area contributed by atoms with E-state index in [-0.39, 0.29) is 10.6 Å². The molecule has 8 heteroatoms. The van der Waals surface area contributed by atoms with Crippen molar-refractivity contribution >= 4 is 50.2 Å². The van der Waals surface area contributed by atoms with E-state index in [0.29, 0.717) is 16.7 Å². The van der Waals surface area contributed by atoms with Gasteiger partial charge in [-0.15, -0.1) is 11.3 Å². The minimum Gasteiger partial charge on any atom is -0.374 e. The molecule has 2 aromatic rings. The second kappa shape index (κ2) is 6.07. The summed E-state index contributed by atoms with van der Waals surface area (Å²) in [4.78, 5) is 15.6. The smallest absolute Gasteiger partial charge is 0.293 e. The van der Waals surface area contributed by atoms with Crippen LogP contribution in [0.25, 0.3) is 0 Å². The highest BCUT2D eigenvalue weighted by molar-refractivity contribution is 9.10. The Kier molecular flexibility index (Phi) is 4.62. The standard InChI is InChI=1S/C12H11BrClN3O2S/c1-6-7(2)11(10(17(18)19)3-9(6)13)15-4-8-5-16-12(14)20-8/h3,5,15H,4H2,1-2H3. The number of halogens is 2. The van der Waals surface area contributed by atoms with Crippen molar-refractivity contribution in [3.05, 3.63) is 47.3 Å². The molecule has 20 heavy (non-hydrogen) atoms. The van der Waals surface area contributed by atoms with E-state index in [0.717, 1.165) is 20.5 Å². The summed E-state index contributed by atoms with van der Waals surface area (Å²) in [6.45, 7) is 4.22. The highest BCUT2D eigenvalue weighted by atomic mass is 79.9. The molecule has 5 nitrogen and oxygen atoms in total. The van der Waals surface area contributed by atoms with Gasteiger partial charge in [-0.1, -0.05) is 27.5 Å². The predicted molar refractivity (Wildman–Crippen MR) is 84.7 cm³/mol. The molecule has 0 atom stereocenters. The molecular weight excluding hydrogens is 366 g/mol. The van der Waals surface area contributed by atoms with Gasteiger partial charge in [0, 0.05) is 21.6 Å². The number of hydrogen-bond acceptors (Lipinski definition) is 5. The van der Waals surface area contributed by atoms with Gasteiger partial charge in [0.15, 0.2) is 4.47 Å². The summed E-state index contributed by atoms with van der Waals surface area (Å²) in [5.74, 6) is 0. The monoisotopic (exact) mass is 375 g/mol. The Labute approximate surface area is 133 Å². The maximum atomic E-state index is 11.2. The lowest BCUT2D eigenvalue weighted by atomic mass is 10.1. The van der Waals surface area contributed by atoms with Crippen LogP contribution in [0, 0.1) is 24.0 Å². The third kappa shape index (κ3) is 3.11. The van der Waals surface area contributed by atoms with E-state index in [4.69, 9.17) is 11.6 Å². The van der Waals surface area contributed by atoms with Crippen LogP contribution >= 0.6 is 38.9 Å². The maximum absolute atomic E-state index is 11.2. The Balaban J connectivity index is 2.34. The second-order valence-electron chi connectivity index (χ2n) is 4.19. The van der Waals surface area contributed by atoms with Crippen molar-refractivity contribution in [3.8, 4) is 0 Å².